The number of benzene rings is 2. The first-order valence-electron chi connectivity index (χ1n) is 8.50. The highest BCUT2D eigenvalue weighted by atomic mass is 19.4. The molecular formula is C19H13F5N2O5. The number of nitro groups is 1. The molecule has 0 amide bonds. The second-order valence-corrected chi connectivity index (χ2v) is 6.03. The molecule has 0 radical (unpaired) electrons. The number of nitrogens with zero attached hydrogens (tertiary/aromatic N) is 2. The van der Waals surface area contributed by atoms with E-state index in [-0.39, 0.29) is 23.7 Å². The van der Waals surface area contributed by atoms with Crippen molar-refractivity contribution in [1.29, 1.82) is 5.26 Å². The van der Waals surface area contributed by atoms with Crippen LogP contribution in [0.5, 0.6) is 11.5 Å². The first kappa shape index (κ1) is 23.5. The number of rotatable bonds is 7. The largest absolute Gasteiger partial charge is 0.466 e. The predicted molar refractivity (Wildman–Crippen MR) is 94.6 cm³/mol. The van der Waals surface area contributed by atoms with Gasteiger partial charge < -0.3 is 9.47 Å². The van der Waals surface area contributed by atoms with Gasteiger partial charge in [-0.15, -0.1) is 0 Å². The molecule has 31 heavy (non-hydrogen) atoms. The number of esters is 1. The number of carbonyl (C=O) groups is 1. The van der Waals surface area contributed by atoms with Crippen molar-refractivity contribution in [1.82, 2.24) is 0 Å². The Labute approximate surface area is 171 Å². The van der Waals surface area contributed by atoms with Gasteiger partial charge in [0.1, 0.15) is 17.6 Å². The molecule has 0 atom stereocenters. The smallest absolute Gasteiger partial charge is 0.458 e. The third kappa shape index (κ3) is 5.25. The van der Waals surface area contributed by atoms with Crippen molar-refractivity contribution < 1.29 is 41.1 Å². The summed E-state index contributed by atoms with van der Waals surface area (Å²) in [6.45, 7) is 1.59. The van der Waals surface area contributed by atoms with Crippen molar-refractivity contribution in [3.8, 4) is 17.6 Å². The Kier molecular flexibility index (Phi) is 6.79. The molecule has 0 fully saturated rings. The van der Waals surface area contributed by atoms with Gasteiger partial charge in [-0.05, 0) is 37.3 Å². The highest BCUT2D eigenvalue weighted by molar-refractivity contribution is 5.74. The fraction of sp³-hybridized carbons (Fsp3) is 0.263. The molecule has 0 bridgehead atoms. The first-order valence-corrected chi connectivity index (χ1v) is 8.50. The zero-order chi connectivity index (χ0) is 23.4. The summed E-state index contributed by atoms with van der Waals surface area (Å²) in [5.41, 5.74) is -2.57. The fourth-order valence-electron chi connectivity index (χ4n) is 2.50. The van der Waals surface area contributed by atoms with Gasteiger partial charge in [0, 0.05) is 17.2 Å². The number of ether oxygens (including phenoxy) is 2. The summed E-state index contributed by atoms with van der Waals surface area (Å²) in [6.07, 6.45) is -6.33. The molecule has 2 aromatic rings. The number of carbonyl (C=O) groups excluding carboxylic acids is 1. The summed E-state index contributed by atoms with van der Waals surface area (Å²) >= 11 is 0. The fourth-order valence-corrected chi connectivity index (χ4v) is 2.50. The van der Waals surface area contributed by atoms with E-state index in [1.807, 2.05) is 0 Å². The monoisotopic (exact) mass is 444 g/mol. The van der Waals surface area contributed by atoms with E-state index < -0.39 is 46.2 Å². The van der Waals surface area contributed by atoms with Gasteiger partial charge in [0.15, 0.2) is 0 Å². The molecule has 0 aliphatic heterocycles. The molecule has 164 valence electrons. The number of nitro benzene ring substituents is 1. The van der Waals surface area contributed by atoms with Crippen LogP contribution in [0.2, 0.25) is 0 Å². The Bertz CT molecular complexity index is 1050. The molecule has 2 aromatic carbocycles. The topological polar surface area (TPSA) is 102 Å². The Morgan fingerprint density at radius 2 is 1.84 bits per heavy atom. The van der Waals surface area contributed by atoms with Crippen LogP contribution in [0.1, 0.15) is 23.6 Å². The van der Waals surface area contributed by atoms with Crippen LogP contribution in [0.25, 0.3) is 0 Å². The van der Waals surface area contributed by atoms with Gasteiger partial charge in [0.05, 0.1) is 23.5 Å². The maximum absolute atomic E-state index is 13.5. The average Bonchev–Trinajstić information content (AvgIpc) is 2.67. The lowest BCUT2D eigenvalue weighted by atomic mass is 10.0. The van der Waals surface area contributed by atoms with E-state index in [9.17, 15) is 36.9 Å². The number of halogens is 5. The molecule has 7 nitrogen and oxygen atoms in total. The molecule has 0 N–H and O–H groups in total. The first-order chi connectivity index (χ1) is 14.4. The highest BCUT2D eigenvalue weighted by Gasteiger charge is 2.58. The van der Waals surface area contributed by atoms with Gasteiger partial charge in [-0.1, -0.05) is 0 Å². The van der Waals surface area contributed by atoms with E-state index in [2.05, 4.69) is 0 Å². The lowest BCUT2D eigenvalue weighted by Gasteiger charge is -2.20. The van der Waals surface area contributed by atoms with E-state index in [1.54, 1.807) is 6.92 Å². The minimum Gasteiger partial charge on any atom is -0.466 e. The standard InChI is InChI=1S/C19H13F5N2O5/c1-2-30-17(27)9-11-8-14(4-5-15(11)26(28)29)31-16-6-3-13(7-12(16)10-25)18(20,21)19(22,23)24/h3-8H,2,9H2,1H3. The van der Waals surface area contributed by atoms with E-state index in [1.165, 1.54) is 6.07 Å². The molecule has 0 spiro atoms. The van der Waals surface area contributed by atoms with Gasteiger partial charge in [-0.3, -0.25) is 14.9 Å². The van der Waals surface area contributed by atoms with E-state index in [4.69, 9.17) is 14.7 Å². The second kappa shape index (κ2) is 8.95. The van der Waals surface area contributed by atoms with Crippen LogP contribution in [0.4, 0.5) is 27.6 Å². The molecule has 0 aliphatic rings. The maximum atomic E-state index is 13.5. The zero-order valence-electron chi connectivity index (χ0n) is 15.7. The van der Waals surface area contributed by atoms with Crippen LogP contribution >= 0.6 is 0 Å². The number of hydrogen-bond donors (Lipinski definition) is 0. The molecule has 0 aromatic heterocycles. The molecule has 2 rings (SSSR count). The van der Waals surface area contributed by atoms with Gasteiger partial charge in [0.2, 0.25) is 0 Å². The van der Waals surface area contributed by atoms with Crippen LogP contribution in [0.15, 0.2) is 36.4 Å². The van der Waals surface area contributed by atoms with Gasteiger partial charge >= 0.3 is 18.1 Å². The zero-order valence-corrected chi connectivity index (χ0v) is 15.7. The van der Waals surface area contributed by atoms with Crippen molar-refractivity contribution in [2.45, 2.75) is 25.4 Å². The normalized spacial score (nSPS) is 11.5. The molecule has 0 aliphatic carbocycles. The van der Waals surface area contributed by atoms with Crippen molar-refractivity contribution in [3.05, 3.63) is 63.2 Å². The Morgan fingerprint density at radius 1 is 1.16 bits per heavy atom. The molecule has 0 unspecified atom stereocenters. The van der Waals surface area contributed by atoms with Crippen molar-refractivity contribution in [2.24, 2.45) is 0 Å². The second-order valence-electron chi connectivity index (χ2n) is 6.03. The van der Waals surface area contributed by atoms with Crippen LogP contribution in [-0.4, -0.2) is 23.7 Å². The quantitative estimate of drug-likeness (QED) is 0.257. The van der Waals surface area contributed by atoms with Crippen molar-refractivity contribution >= 4 is 11.7 Å². The molecule has 12 heteroatoms. The SMILES string of the molecule is CCOC(=O)Cc1cc(Oc2ccc(C(F)(F)C(F)(F)F)cc2C#N)ccc1[N+](=O)[O-]. The average molecular weight is 444 g/mol. The summed E-state index contributed by atoms with van der Waals surface area (Å²) < 4.78 is 74.8. The summed E-state index contributed by atoms with van der Waals surface area (Å²) in [5.74, 6) is -6.41. The number of hydrogen-bond acceptors (Lipinski definition) is 6. The Morgan fingerprint density at radius 3 is 2.39 bits per heavy atom. The summed E-state index contributed by atoms with van der Waals surface area (Å²) in [6, 6.07) is 6.25. The maximum Gasteiger partial charge on any atom is 0.458 e. The lowest BCUT2D eigenvalue weighted by molar-refractivity contribution is -0.385. The molecule has 0 saturated carbocycles. The van der Waals surface area contributed by atoms with E-state index in [0.29, 0.717) is 12.1 Å². The van der Waals surface area contributed by atoms with Gasteiger partial charge in [-0.25, -0.2) is 0 Å². The molecule has 0 saturated heterocycles. The van der Waals surface area contributed by atoms with Crippen LogP contribution in [0.3, 0.4) is 0 Å². The lowest BCUT2D eigenvalue weighted by Crippen LogP contribution is -2.33. The summed E-state index contributed by atoms with van der Waals surface area (Å²) in [7, 11) is 0. The Hall–Kier alpha value is -3.75. The highest BCUT2D eigenvalue weighted by Crippen LogP contribution is 2.45. The molecule has 0 heterocycles. The number of alkyl halides is 5. The van der Waals surface area contributed by atoms with Crippen LogP contribution in [0, 0.1) is 21.4 Å². The molecular weight excluding hydrogens is 431 g/mol. The summed E-state index contributed by atoms with van der Waals surface area (Å²) in [5, 5.41) is 20.3. The minimum absolute atomic E-state index is 0.0449. The third-order valence-corrected chi connectivity index (χ3v) is 3.93. The predicted octanol–water partition coefficient (Wildman–Crippen LogP) is 5.02. The van der Waals surface area contributed by atoms with E-state index in [0.717, 1.165) is 24.3 Å². The third-order valence-electron chi connectivity index (χ3n) is 3.93. The van der Waals surface area contributed by atoms with Gasteiger partial charge in [0.25, 0.3) is 5.69 Å². The van der Waals surface area contributed by atoms with Crippen molar-refractivity contribution in [3.63, 3.8) is 0 Å². The summed E-state index contributed by atoms with van der Waals surface area (Å²) in [4.78, 5) is 22.1. The van der Waals surface area contributed by atoms with Crippen LogP contribution < -0.4 is 4.74 Å². The minimum atomic E-state index is -5.86. The van der Waals surface area contributed by atoms with Crippen LogP contribution in [-0.2, 0) is 21.9 Å². The number of nitriles is 1. The van der Waals surface area contributed by atoms with Crippen molar-refractivity contribution in [2.75, 3.05) is 6.61 Å². The van der Waals surface area contributed by atoms with E-state index >= 15 is 0 Å². The van der Waals surface area contributed by atoms with Gasteiger partial charge in [-0.2, -0.15) is 27.2 Å². The Balaban J connectivity index is 2.41.